The number of hydrogen-bond donors (Lipinski definition) is 1. The van der Waals surface area contributed by atoms with E-state index in [2.05, 4.69) is 10.3 Å². The van der Waals surface area contributed by atoms with Gasteiger partial charge in [-0.1, -0.05) is 0 Å². The standard InChI is InChI=1S/C15H16N2O3/c1-2-16-15-7-11(5-6-17-15)9-18-12-3-4-13-14(8-12)20-10-19-13/h3-8H,2,9-10H2,1H3,(H,16,17). The van der Waals surface area contributed by atoms with Crippen LogP contribution in [0.25, 0.3) is 0 Å². The lowest BCUT2D eigenvalue weighted by atomic mass is 10.2. The van der Waals surface area contributed by atoms with E-state index in [-0.39, 0.29) is 6.79 Å². The topological polar surface area (TPSA) is 52.6 Å². The second-order valence-electron chi connectivity index (χ2n) is 4.38. The molecule has 2 aromatic rings. The van der Waals surface area contributed by atoms with Crippen molar-refractivity contribution in [1.29, 1.82) is 0 Å². The number of fused-ring (bicyclic) bond motifs is 1. The van der Waals surface area contributed by atoms with E-state index in [9.17, 15) is 0 Å². The number of aromatic nitrogens is 1. The molecule has 0 spiro atoms. The Kier molecular flexibility index (Phi) is 3.58. The van der Waals surface area contributed by atoms with Gasteiger partial charge in [0.15, 0.2) is 11.5 Å². The molecule has 1 aromatic carbocycles. The van der Waals surface area contributed by atoms with Gasteiger partial charge in [0.1, 0.15) is 18.2 Å². The third kappa shape index (κ3) is 2.77. The minimum atomic E-state index is 0.273. The maximum absolute atomic E-state index is 5.76. The van der Waals surface area contributed by atoms with Gasteiger partial charge >= 0.3 is 0 Å². The van der Waals surface area contributed by atoms with Crippen molar-refractivity contribution in [2.75, 3.05) is 18.7 Å². The smallest absolute Gasteiger partial charge is 0.231 e. The van der Waals surface area contributed by atoms with Gasteiger partial charge in [0.2, 0.25) is 6.79 Å². The first-order valence-corrected chi connectivity index (χ1v) is 6.56. The first kappa shape index (κ1) is 12.6. The third-order valence-corrected chi connectivity index (χ3v) is 2.93. The molecule has 0 fully saturated rings. The molecule has 0 unspecified atom stereocenters. The number of nitrogens with one attached hydrogen (secondary N) is 1. The Hall–Kier alpha value is -2.43. The zero-order valence-corrected chi connectivity index (χ0v) is 11.3. The van der Waals surface area contributed by atoms with Crippen molar-refractivity contribution in [1.82, 2.24) is 4.98 Å². The van der Waals surface area contributed by atoms with E-state index < -0.39 is 0 Å². The summed E-state index contributed by atoms with van der Waals surface area (Å²) < 4.78 is 16.3. The highest BCUT2D eigenvalue weighted by molar-refractivity contribution is 5.47. The molecule has 5 heteroatoms. The third-order valence-electron chi connectivity index (χ3n) is 2.93. The summed E-state index contributed by atoms with van der Waals surface area (Å²) >= 11 is 0. The predicted octanol–water partition coefficient (Wildman–Crippen LogP) is 2.82. The van der Waals surface area contributed by atoms with E-state index in [0.717, 1.165) is 35.2 Å². The van der Waals surface area contributed by atoms with Gasteiger partial charge in [0.05, 0.1) is 0 Å². The van der Waals surface area contributed by atoms with Gasteiger partial charge in [0, 0.05) is 18.8 Å². The molecule has 0 saturated heterocycles. The summed E-state index contributed by atoms with van der Waals surface area (Å²) in [4.78, 5) is 4.23. The molecule has 0 atom stereocenters. The van der Waals surface area contributed by atoms with Crippen LogP contribution in [0.1, 0.15) is 12.5 Å². The van der Waals surface area contributed by atoms with Crippen LogP contribution in [-0.2, 0) is 6.61 Å². The Labute approximate surface area is 117 Å². The SMILES string of the molecule is CCNc1cc(COc2ccc3c(c2)OCO3)ccn1. The summed E-state index contributed by atoms with van der Waals surface area (Å²) in [5.74, 6) is 3.11. The molecule has 2 heterocycles. The first-order valence-electron chi connectivity index (χ1n) is 6.56. The number of pyridine rings is 1. The van der Waals surface area contributed by atoms with Crippen molar-refractivity contribution in [2.24, 2.45) is 0 Å². The number of rotatable bonds is 5. The molecule has 1 aliphatic rings. The van der Waals surface area contributed by atoms with E-state index in [1.165, 1.54) is 0 Å². The van der Waals surface area contributed by atoms with Crippen molar-refractivity contribution in [3.05, 3.63) is 42.1 Å². The molecule has 0 aliphatic carbocycles. The molecule has 1 aliphatic heterocycles. The number of hydrogen-bond acceptors (Lipinski definition) is 5. The fourth-order valence-corrected chi connectivity index (χ4v) is 1.98. The normalized spacial score (nSPS) is 12.2. The molecule has 20 heavy (non-hydrogen) atoms. The number of benzene rings is 1. The Morgan fingerprint density at radius 2 is 2.10 bits per heavy atom. The molecule has 3 rings (SSSR count). The Morgan fingerprint density at radius 1 is 1.20 bits per heavy atom. The van der Waals surface area contributed by atoms with Gasteiger partial charge in [0.25, 0.3) is 0 Å². The van der Waals surface area contributed by atoms with Gasteiger partial charge < -0.3 is 19.5 Å². The van der Waals surface area contributed by atoms with Crippen LogP contribution in [0.4, 0.5) is 5.82 Å². The fraction of sp³-hybridized carbons (Fsp3) is 0.267. The van der Waals surface area contributed by atoms with Crippen LogP contribution >= 0.6 is 0 Å². The van der Waals surface area contributed by atoms with Crippen LogP contribution in [0.3, 0.4) is 0 Å². The van der Waals surface area contributed by atoms with Crippen LogP contribution < -0.4 is 19.5 Å². The number of ether oxygens (including phenoxy) is 3. The molecular weight excluding hydrogens is 256 g/mol. The number of anilines is 1. The molecule has 1 aromatic heterocycles. The van der Waals surface area contributed by atoms with E-state index in [4.69, 9.17) is 14.2 Å². The fourth-order valence-electron chi connectivity index (χ4n) is 1.98. The van der Waals surface area contributed by atoms with Crippen LogP contribution in [0.5, 0.6) is 17.2 Å². The molecule has 0 radical (unpaired) electrons. The minimum absolute atomic E-state index is 0.273. The van der Waals surface area contributed by atoms with Gasteiger partial charge in [-0.3, -0.25) is 0 Å². The summed E-state index contributed by atoms with van der Waals surface area (Å²) in [6, 6.07) is 9.49. The van der Waals surface area contributed by atoms with E-state index in [0.29, 0.717) is 6.61 Å². The summed E-state index contributed by atoms with van der Waals surface area (Å²) in [6.45, 7) is 3.65. The highest BCUT2D eigenvalue weighted by Gasteiger charge is 2.13. The van der Waals surface area contributed by atoms with Crippen molar-refractivity contribution in [3.8, 4) is 17.2 Å². The maximum atomic E-state index is 5.76. The highest BCUT2D eigenvalue weighted by atomic mass is 16.7. The molecular formula is C15H16N2O3. The van der Waals surface area contributed by atoms with Crippen molar-refractivity contribution in [3.63, 3.8) is 0 Å². The minimum Gasteiger partial charge on any atom is -0.489 e. The average Bonchev–Trinajstić information content (AvgIpc) is 2.93. The summed E-state index contributed by atoms with van der Waals surface area (Å²) in [5.41, 5.74) is 1.06. The molecule has 0 bridgehead atoms. The zero-order chi connectivity index (χ0) is 13.8. The van der Waals surface area contributed by atoms with Gasteiger partial charge in [-0.15, -0.1) is 0 Å². The lowest BCUT2D eigenvalue weighted by molar-refractivity contribution is 0.173. The maximum Gasteiger partial charge on any atom is 0.231 e. The van der Waals surface area contributed by atoms with Gasteiger partial charge in [-0.2, -0.15) is 0 Å². The molecule has 0 saturated carbocycles. The van der Waals surface area contributed by atoms with Crippen LogP contribution in [0.2, 0.25) is 0 Å². The Morgan fingerprint density at radius 3 is 3.00 bits per heavy atom. The lowest BCUT2D eigenvalue weighted by Crippen LogP contribution is -2.01. The second-order valence-corrected chi connectivity index (χ2v) is 4.38. The zero-order valence-electron chi connectivity index (χ0n) is 11.3. The van der Waals surface area contributed by atoms with Crippen molar-refractivity contribution >= 4 is 5.82 Å². The first-order chi connectivity index (χ1) is 9.85. The lowest BCUT2D eigenvalue weighted by Gasteiger charge is -2.08. The van der Waals surface area contributed by atoms with Crippen LogP contribution in [0, 0.1) is 0 Å². The van der Waals surface area contributed by atoms with Gasteiger partial charge in [-0.05, 0) is 36.8 Å². The van der Waals surface area contributed by atoms with Crippen LogP contribution in [0.15, 0.2) is 36.5 Å². The Bertz CT molecular complexity index is 601. The van der Waals surface area contributed by atoms with Crippen molar-refractivity contribution in [2.45, 2.75) is 13.5 Å². The second kappa shape index (κ2) is 5.69. The van der Waals surface area contributed by atoms with Crippen LogP contribution in [-0.4, -0.2) is 18.3 Å². The molecule has 1 N–H and O–H groups in total. The predicted molar refractivity (Wildman–Crippen MR) is 75.3 cm³/mol. The highest BCUT2D eigenvalue weighted by Crippen LogP contribution is 2.35. The largest absolute Gasteiger partial charge is 0.489 e. The summed E-state index contributed by atoms with van der Waals surface area (Å²) in [6.07, 6.45) is 1.77. The average molecular weight is 272 g/mol. The number of nitrogens with zero attached hydrogens (tertiary/aromatic N) is 1. The quantitative estimate of drug-likeness (QED) is 0.907. The molecule has 5 nitrogen and oxygen atoms in total. The van der Waals surface area contributed by atoms with Gasteiger partial charge in [-0.25, -0.2) is 4.98 Å². The summed E-state index contributed by atoms with van der Waals surface area (Å²) in [7, 11) is 0. The summed E-state index contributed by atoms with van der Waals surface area (Å²) in [5, 5.41) is 3.18. The monoisotopic (exact) mass is 272 g/mol. The van der Waals surface area contributed by atoms with E-state index in [1.807, 2.05) is 37.3 Å². The molecule has 104 valence electrons. The van der Waals surface area contributed by atoms with E-state index >= 15 is 0 Å². The van der Waals surface area contributed by atoms with Crippen molar-refractivity contribution < 1.29 is 14.2 Å². The van der Waals surface area contributed by atoms with E-state index in [1.54, 1.807) is 6.20 Å². The molecule has 0 amide bonds. The Balaban J connectivity index is 1.65.